The zero-order valence-corrected chi connectivity index (χ0v) is 12.3. The fraction of sp³-hybridized carbons (Fsp3) is 0.214. The standard InChI is InChI=1S/C14H14FN3O3S/c15-10-3-1-2-9(14(20)21)13(10)18-11(19)6-8-7-22-12(17-8)4-5-16/h1-3,7H,4-6,16H2,(H,18,19)(H,20,21). The number of halogens is 1. The number of carboxylic acids is 1. The summed E-state index contributed by atoms with van der Waals surface area (Å²) < 4.78 is 13.7. The number of nitrogens with two attached hydrogens (primary N) is 1. The Balaban J connectivity index is 2.10. The van der Waals surface area contributed by atoms with Crippen LogP contribution >= 0.6 is 11.3 Å². The minimum Gasteiger partial charge on any atom is -0.478 e. The Labute approximate surface area is 129 Å². The van der Waals surface area contributed by atoms with Gasteiger partial charge >= 0.3 is 5.97 Å². The van der Waals surface area contributed by atoms with Crippen LogP contribution in [0.4, 0.5) is 10.1 Å². The van der Waals surface area contributed by atoms with Gasteiger partial charge in [0.15, 0.2) is 0 Å². The summed E-state index contributed by atoms with van der Waals surface area (Å²) in [7, 11) is 0. The third-order valence-corrected chi connectivity index (χ3v) is 3.77. The lowest BCUT2D eigenvalue weighted by Gasteiger charge is -2.08. The molecule has 4 N–H and O–H groups in total. The molecule has 1 aromatic carbocycles. The van der Waals surface area contributed by atoms with Crippen LogP contribution in [0.1, 0.15) is 21.1 Å². The van der Waals surface area contributed by atoms with Crippen LogP contribution in [0.15, 0.2) is 23.6 Å². The van der Waals surface area contributed by atoms with E-state index >= 15 is 0 Å². The third kappa shape index (κ3) is 3.86. The Hall–Kier alpha value is -2.32. The highest BCUT2D eigenvalue weighted by Gasteiger charge is 2.17. The fourth-order valence-corrected chi connectivity index (χ4v) is 2.66. The summed E-state index contributed by atoms with van der Waals surface area (Å²) in [4.78, 5) is 27.2. The van der Waals surface area contributed by atoms with Crippen LogP contribution in [0.3, 0.4) is 0 Å². The Morgan fingerprint density at radius 1 is 1.41 bits per heavy atom. The van der Waals surface area contributed by atoms with Gasteiger partial charge in [-0.05, 0) is 18.7 Å². The van der Waals surface area contributed by atoms with Gasteiger partial charge in [-0.15, -0.1) is 11.3 Å². The number of aromatic carboxylic acids is 1. The van der Waals surface area contributed by atoms with E-state index in [0.29, 0.717) is 18.7 Å². The zero-order valence-electron chi connectivity index (χ0n) is 11.5. The first-order valence-corrected chi connectivity index (χ1v) is 7.34. The molecule has 2 aromatic rings. The number of hydrogen-bond donors (Lipinski definition) is 3. The largest absolute Gasteiger partial charge is 0.478 e. The molecule has 0 fully saturated rings. The van der Waals surface area contributed by atoms with Crippen molar-refractivity contribution in [1.82, 2.24) is 4.98 Å². The molecule has 0 spiro atoms. The van der Waals surface area contributed by atoms with Gasteiger partial charge in [-0.25, -0.2) is 14.2 Å². The van der Waals surface area contributed by atoms with Gasteiger partial charge in [-0.1, -0.05) is 6.07 Å². The molecule has 6 nitrogen and oxygen atoms in total. The number of anilines is 1. The molecule has 0 saturated carbocycles. The van der Waals surface area contributed by atoms with E-state index in [1.54, 1.807) is 5.38 Å². The number of thiazole rings is 1. The van der Waals surface area contributed by atoms with E-state index in [9.17, 15) is 14.0 Å². The molecule has 0 radical (unpaired) electrons. The number of hydrogen-bond acceptors (Lipinski definition) is 5. The Morgan fingerprint density at radius 3 is 2.86 bits per heavy atom. The predicted octanol–water partition coefficient (Wildman–Crippen LogP) is 1.66. The number of nitrogens with zero attached hydrogens (tertiary/aromatic N) is 1. The average Bonchev–Trinajstić information content (AvgIpc) is 2.88. The monoisotopic (exact) mass is 323 g/mol. The minimum atomic E-state index is -1.31. The van der Waals surface area contributed by atoms with Gasteiger partial charge in [-0.3, -0.25) is 4.79 Å². The fourth-order valence-electron chi connectivity index (χ4n) is 1.85. The lowest BCUT2D eigenvalue weighted by Crippen LogP contribution is -2.18. The average molecular weight is 323 g/mol. The van der Waals surface area contributed by atoms with E-state index in [0.717, 1.165) is 11.1 Å². The Bertz CT molecular complexity index is 702. The van der Waals surface area contributed by atoms with Crippen molar-refractivity contribution in [3.05, 3.63) is 45.7 Å². The van der Waals surface area contributed by atoms with Crippen molar-refractivity contribution >= 4 is 28.9 Å². The van der Waals surface area contributed by atoms with Gasteiger partial charge in [0.1, 0.15) is 5.82 Å². The SMILES string of the molecule is NCCc1nc(CC(=O)Nc2c(F)cccc2C(=O)O)cs1. The second-order valence-electron chi connectivity index (χ2n) is 4.46. The first-order valence-electron chi connectivity index (χ1n) is 6.46. The lowest BCUT2D eigenvalue weighted by molar-refractivity contribution is -0.115. The molecule has 0 saturated heterocycles. The van der Waals surface area contributed by atoms with Crippen LogP contribution in [0, 0.1) is 5.82 Å². The molecular formula is C14H14FN3O3S. The van der Waals surface area contributed by atoms with Crippen molar-refractivity contribution in [1.29, 1.82) is 0 Å². The first kappa shape index (κ1) is 16.1. The normalized spacial score (nSPS) is 10.5. The molecule has 22 heavy (non-hydrogen) atoms. The van der Waals surface area contributed by atoms with Gasteiger partial charge in [0.05, 0.1) is 28.4 Å². The number of para-hydroxylation sites is 1. The van der Waals surface area contributed by atoms with E-state index in [1.165, 1.54) is 23.5 Å². The van der Waals surface area contributed by atoms with Crippen molar-refractivity contribution in [2.24, 2.45) is 5.73 Å². The zero-order chi connectivity index (χ0) is 16.1. The first-order chi connectivity index (χ1) is 10.5. The highest BCUT2D eigenvalue weighted by atomic mass is 32.1. The number of aromatic nitrogens is 1. The minimum absolute atomic E-state index is 0.0610. The second-order valence-corrected chi connectivity index (χ2v) is 5.41. The summed E-state index contributed by atoms with van der Waals surface area (Å²) >= 11 is 1.39. The van der Waals surface area contributed by atoms with Crippen molar-refractivity contribution in [2.75, 3.05) is 11.9 Å². The number of benzene rings is 1. The number of carbonyl (C=O) groups excluding carboxylic acids is 1. The predicted molar refractivity (Wildman–Crippen MR) is 80.6 cm³/mol. The molecule has 0 aliphatic carbocycles. The molecule has 1 amide bonds. The summed E-state index contributed by atoms with van der Waals surface area (Å²) in [6.07, 6.45) is 0.567. The summed E-state index contributed by atoms with van der Waals surface area (Å²) in [5.74, 6) is -2.64. The Morgan fingerprint density at radius 2 is 2.18 bits per heavy atom. The van der Waals surface area contributed by atoms with E-state index in [1.807, 2.05) is 0 Å². The van der Waals surface area contributed by atoms with Gasteiger partial charge < -0.3 is 16.2 Å². The van der Waals surface area contributed by atoms with E-state index < -0.39 is 17.7 Å². The van der Waals surface area contributed by atoms with Crippen LogP contribution in [-0.2, 0) is 17.6 Å². The summed E-state index contributed by atoms with van der Waals surface area (Å²) in [5.41, 5.74) is 5.33. The number of nitrogens with one attached hydrogen (secondary N) is 1. The molecule has 0 atom stereocenters. The number of rotatable bonds is 6. The molecule has 1 heterocycles. The molecule has 8 heteroatoms. The van der Waals surface area contributed by atoms with Crippen molar-refractivity contribution in [3.63, 3.8) is 0 Å². The molecule has 2 rings (SSSR count). The number of amides is 1. The molecule has 1 aromatic heterocycles. The topological polar surface area (TPSA) is 105 Å². The van der Waals surface area contributed by atoms with Crippen LogP contribution in [0.5, 0.6) is 0 Å². The molecular weight excluding hydrogens is 309 g/mol. The van der Waals surface area contributed by atoms with Crippen molar-refractivity contribution in [2.45, 2.75) is 12.8 Å². The molecule has 0 aliphatic rings. The highest BCUT2D eigenvalue weighted by Crippen LogP contribution is 2.20. The van der Waals surface area contributed by atoms with Gasteiger partial charge in [0.25, 0.3) is 0 Å². The third-order valence-electron chi connectivity index (χ3n) is 2.81. The second kappa shape index (κ2) is 7.10. The van der Waals surface area contributed by atoms with E-state index in [-0.39, 0.29) is 17.7 Å². The Kier molecular flexibility index (Phi) is 5.18. The summed E-state index contributed by atoms with van der Waals surface area (Å²) in [6.45, 7) is 0.469. The van der Waals surface area contributed by atoms with Crippen molar-refractivity contribution in [3.8, 4) is 0 Å². The number of carbonyl (C=O) groups is 2. The maximum absolute atomic E-state index is 13.7. The highest BCUT2D eigenvalue weighted by molar-refractivity contribution is 7.09. The maximum atomic E-state index is 13.7. The maximum Gasteiger partial charge on any atom is 0.337 e. The van der Waals surface area contributed by atoms with E-state index in [4.69, 9.17) is 10.8 Å². The van der Waals surface area contributed by atoms with E-state index in [2.05, 4.69) is 10.3 Å². The lowest BCUT2D eigenvalue weighted by atomic mass is 10.1. The van der Waals surface area contributed by atoms with Gasteiger partial charge in [0.2, 0.25) is 5.91 Å². The van der Waals surface area contributed by atoms with Crippen molar-refractivity contribution < 1.29 is 19.1 Å². The summed E-state index contributed by atoms with van der Waals surface area (Å²) in [5, 5.41) is 13.9. The van der Waals surface area contributed by atoms with Crippen LogP contribution in [0.2, 0.25) is 0 Å². The quantitative estimate of drug-likeness (QED) is 0.750. The molecule has 116 valence electrons. The molecule has 0 bridgehead atoms. The summed E-state index contributed by atoms with van der Waals surface area (Å²) in [6, 6.07) is 3.58. The van der Waals surface area contributed by atoms with Gasteiger partial charge in [0, 0.05) is 11.8 Å². The van der Waals surface area contributed by atoms with Crippen LogP contribution in [0.25, 0.3) is 0 Å². The number of carboxylic acid groups (broad SMARTS) is 1. The smallest absolute Gasteiger partial charge is 0.337 e. The molecule has 0 unspecified atom stereocenters. The molecule has 0 aliphatic heterocycles. The van der Waals surface area contributed by atoms with Crippen LogP contribution < -0.4 is 11.1 Å². The van der Waals surface area contributed by atoms with Crippen LogP contribution in [-0.4, -0.2) is 28.5 Å². The van der Waals surface area contributed by atoms with Gasteiger partial charge in [-0.2, -0.15) is 0 Å².